The fraction of sp³-hybridized carbons (Fsp3) is 0.588. The number of piperidine rings is 1. The van der Waals surface area contributed by atoms with Crippen LogP contribution in [0.15, 0.2) is 23.1 Å². The smallest absolute Gasteiger partial charge is 0.251 e. The van der Waals surface area contributed by atoms with Crippen LogP contribution in [0.3, 0.4) is 0 Å². The zero-order valence-corrected chi connectivity index (χ0v) is 15.6. The van der Waals surface area contributed by atoms with E-state index in [2.05, 4.69) is 15.4 Å². The van der Waals surface area contributed by atoms with Gasteiger partial charge in [0.15, 0.2) is 0 Å². The minimum atomic E-state index is -3.67. The first kappa shape index (κ1) is 18.9. The number of sulfonamides is 1. The average molecular weight is 353 g/mol. The van der Waals surface area contributed by atoms with E-state index in [4.69, 9.17) is 0 Å². The Morgan fingerprint density at radius 2 is 2.00 bits per heavy atom. The number of nitrogens with one attached hydrogen (secondary N) is 3. The summed E-state index contributed by atoms with van der Waals surface area (Å²) in [4.78, 5) is 12.7. The van der Waals surface area contributed by atoms with Crippen molar-refractivity contribution < 1.29 is 13.2 Å². The zero-order chi connectivity index (χ0) is 18.0. The van der Waals surface area contributed by atoms with Gasteiger partial charge in [-0.2, -0.15) is 0 Å². The van der Waals surface area contributed by atoms with Crippen molar-refractivity contribution in [2.45, 2.75) is 57.0 Å². The van der Waals surface area contributed by atoms with E-state index >= 15 is 0 Å². The normalized spacial score (nSPS) is 19.1. The number of rotatable bonds is 4. The quantitative estimate of drug-likeness (QED) is 0.766. The highest BCUT2D eigenvalue weighted by Gasteiger charge is 2.24. The zero-order valence-electron chi connectivity index (χ0n) is 14.8. The minimum absolute atomic E-state index is 0.0820. The molecule has 1 aliphatic heterocycles. The predicted molar refractivity (Wildman–Crippen MR) is 94.6 cm³/mol. The number of hydrogen-bond donors (Lipinski definition) is 3. The molecule has 0 unspecified atom stereocenters. The van der Waals surface area contributed by atoms with Crippen LogP contribution in [-0.4, -0.2) is 39.0 Å². The van der Waals surface area contributed by atoms with Gasteiger partial charge in [-0.05, 0) is 64.8 Å². The monoisotopic (exact) mass is 353 g/mol. The van der Waals surface area contributed by atoms with E-state index in [0.29, 0.717) is 5.56 Å². The third kappa shape index (κ3) is 5.03. The Labute approximate surface area is 144 Å². The van der Waals surface area contributed by atoms with Crippen LogP contribution in [0.5, 0.6) is 0 Å². The predicted octanol–water partition coefficient (Wildman–Crippen LogP) is 1.55. The van der Waals surface area contributed by atoms with Gasteiger partial charge in [0, 0.05) is 23.7 Å². The Hall–Kier alpha value is -1.44. The Balaban J connectivity index is 2.23. The molecule has 1 aromatic carbocycles. The van der Waals surface area contributed by atoms with Crippen LogP contribution in [0.1, 0.15) is 49.5 Å². The maximum absolute atomic E-state index is 12.5. The molecule has 1 heterocycles. The lowest BCUT2D eigenvalue weighted by atomic mass is 10.1. The fourth-order valence-corrected chi connectivity index (χ4v) is 4.16. The van der Waals surface area contributed by atoms with Crippen LogP contribution in [-0.2, 0) is 10.0 Å². The van der Waals surface area contributed by atoms with Crippen LogP contribution < -0.4 is 15.4 Å². The molecule has 0 aromatic heterocycles. The molecule has 3 N–H and O–H groups in total. The lowest BCUT2D eigenvalue weighted by Gasteiger charge is -2.24. The van der Waals surface area contributed by atoms with Crippen LogP contribution >= 0.6 is 0 Å². The van der Waals surface area contributed by atoms with Crippen LogP contribution in [0.2, 0.25) is 0 Å². The molecule has 1 saturated heterocycles. The molecule has 0 saturated carbocycles. The Morgan fingerprint density at radius 3 is 2.58 bits per heavy atom. The number of aryl methyl sites for hydroxylation is 1. The maximum atomic E-state index is 12.5. The lowest BCUT2D eigenvalue weighted by Crippen LogP contribution is -2.45. The van der Waals surface area contributed by atoms with Crippen molar-refractivity contribution in [3.63, 3.8) is 0 Å². The highest BCUT2D eigenvalue weighted by atomic mass is 32.2. The second-order valence-electron chi connectivity index (χ2n) is 7.35. The molecule has 0 radical (unpaired) electrons. The first-order valence-electron chi connectivity index (χ1n) is 8.25. The van der Waals surface area contributed by atoms with Crippen molar-refractivity contribution in [2.24, 2.45) is 0 Å². The highest BCUT2D eigenvalue weighted by molar-refractivity contribution is 7.89. The molecule has 1 aromatic rings. The summed E-state index contributed by atoms with van der Waals surface area (Å²) >= 11 is 0. The van der Waals surface area contributed by atoms with Gasteiger partial charge in [0.1, 0.15) is 0 Å². The maximum Gasteiger partial charge on any atom is 0.251 e. The molecule has 0 aliphatic carbocycles. The lowest BCUT2D eigenvalue weighted by molar-refractivity contribution is 0.0930. The first-order valence-corrected chi connectivity index (χ1v) is 9.73. The topological polar surface area (TPSA) is 87.3 Å². The number of carbonyl (C=O) groups excluding carboxylic acids is 1. The largest absolute Gasteiger partial charge is 0.348 e. The molecular weight excluding hydrogens is 326 g/mol. The molecule has 2 rings (SSSR count). The van der Waals surface area contributed by atoms with Gasteiger partial charge in [0.2, 0.25) is 10.0 Å². The van der Waals surface area contributed by atoms with Crippen LogP contribution in [0, 0.1) is 6.92 Å². The van der Waals surface area contributed by atoms with Gasteiger partial charge in [-0.15, -0.1) is 0 Å². The van der Waals surface area contributed by atoms with Crippen molar-refractivity contribution in [3.8, 4) is 0 Å². The van der Waals surface area contributed by atoms with Gasteiger partial charge in [-0.3, -0.25) is 4.79 Å². The standard InChI is InChI=1S/C17H27N3O3S/c1-12-7-8-14(24(22,23)20-17(2,3)4)10-15(12)16(21)19-13-6-5-9-18-11-13/h7-8,10,13,18,20H,5-6,9,11H2,1-4H3,(H,19,21)/t13-/m0/s1. The van der Waals surface area contributed by atoms with Crippen molar-refractivity contribution >= 4 is 15.9 Å². The summed E-state index contributed by atoms with van der Waals surface area (Å²) in [5.74, 6) is -0.228. The summed E-state index contributed by atoms with van der Waals surface area (Å²) < 4.78 is 27.6. The third-order valence-electron chi connectivity index (χ3n) is 3.84. The van der Waals surface area contributed by atoms with Crippen LogP contribution in [0.4, 0.5) is 0 Å². The molecule has 134 valence electrons. The van der Waals surface area contributed by atoms with Gasteiger partial charge < -0.3 is 10.6 Å². The summed E-state index contributed by atoms with van der Waals surface area (Å²) in [6, 6.07) is 4.74. The second kappa shape index (κ2) is 7.21. The van der Waals surface area contributed by atoms with Crippen molar-refractivity contribution in [1.82, 2.24) is 15.4 Å². The molecular formula is C17H27N3O3S. The number of benzene rings is 1. The van der Waals surface area contributed by atoms with Gasteiger partial charge in [-0.1, -0.05) is 6.07 Å². The Morgan fingerprint density at radius 1 is 1.29 bits per heavy atom. The van der Waals surface area contributed by atoms with Gasteiger partial charge >= 0.3 is 0 Å². The number of hydrogen-bond acceptors (Lipinski definition) is 4. The Kier molecular flexibility index (Phi) is 5.67. The third-order valence-corrected chi connectivity index (χ3v) is 5.59. The fourth-order valence-electron chi connectivity index (χ4n) is 2.71. The molecule has 0 bridgehead atoms. The first-order chi connectivity index (χ1) is 11.1. The molecule has 6 nitrogen and oxygen atoms in total. The van der Waals surface area contributed by atoms with E-state index < -0.39 is 15.6 Å². The summed E-state index contributed by atoms with van der Waals surface area (Å²) in [5.41, 5.74) is 0.572. The molecule has 1 amide bonds. The minimum Gasteiger partial charge on any atom is -0.348 e. The summed E-state index contributed by atoms with van der Waals surface area (Å²) in [6.07, 6.45) is 1.95. The molecule has 0 spiro atoms. The number of amides is 1. The van der Waals surface area contributed by atoms with Crippen molar-refractivity contribution in [1.29, 1.82) is 0 Å². The van der Waals surface area contributed by atoms with Crippen molar-refractivity contribution in [2.75, 3.05) is 13.1 Å². The SMILES string of the molecule is Cc1ccc(S(=O)(=O)NC(C)(C)C)cc1C(=O)N[C@H]1CCCNC1. The van der Waals surface area contributed by atoms with Gasteiger partial charge in [-0.25, -0.2) is 13.1 Å². The van der Waals surface area contributed by atoms with E-state index in [-0.39, 0.29) is 16.8 Å². The van der Waals surface area contributed by atoms with Gasteiger partial charge in [0.25, 0.3) is 5.91 Å². The van der Waals surface area contributed by atoms with E-state index in [0.717, 1.165) is 31.5 Å². The van der Waals surface area contributed by atoms with E-state index in [9.17, 15) is 13.2 Å². The average Bonchev–Trinajstić information content (AvgIpc) is 2.46. The molecule has 1 aliphatic rings. The van der Waals surface area contributed by atoms with Crippen LogP contribution in [0.25, 0.3) is 0 Å². The van der Waals surface area contributed by atoms with E-state index in [1.807, 2.05) is 6.92 Å². The molecule has 1 fully saturated rings. The van der Waals surface area contributed by atoms with Crippen molar-refractivity contribution in [3.05, 3.63) is 29.3 Å². The Bertz CT molecular complexity index is 702. The van der Waals surface area contributed by atoms with Gasteiger partial charge in [0.05, 0.1) is 4.90 Å². The van der Waals surface area contributed by atoms with E-state index in [1.54, 1.807) is 26.8 Å². The summed E-state index contributed by atoms with van der Waals surface area (Å²) in [5, 5.41) is 6.23. The molecule has 24 heavy (non-hydrogen) atoms. The van der Waals surface area contributed by atoms with E-state index in [1.165, 1.54) is 12.1 Å². The number of carbonyl (C=O) groups is 1. The highest BCUT2D eigenvalue weighted by Crippen LogP contribution is 2.18. The molecule has 7 heteroatoms. The molecule has 1 atom stereocenters. The second-order valence-corrected chi connectivity index (χ2v) is 9.03. The summed E-state index contributed by atoms with van der Waals surface area (Å²) in [7, 11) is -3.67. The summed E-state index contributed by atoms with van der Waals surface area (Å²) in [6.45, 7) is 8.86.